The van der Waals surface area contributed by atoms with Gasteiger partial charge in [-0.3, -0.25) is 0 Å². The Morgan fingerprint density at radius 1 is 1.33 bits per heavy atom. The van der Waals surface area contributed by atoms with E-state index in [4.69, 9.17) is 11.6 Å². The third-order valence-electron chi connectivity index (χ3n) is 4.30. The largest absolute Gasteiger partial charge is 0.508 e. The highest BCUT2D eigenvalue weighted by atomic mass is 35.5. The van der Waals surface area contributed by atoms with Crippen LogP contribution in [0.3, 0.4) is 0 Å². The Hall–Kier alpha value is -0.810. The Balaban J connectivity index is 2.15. The molecule has 1 heterocycles. The van der Waals surface area contributed by atoms with Crippen LogP contribution in [-0.4, -0.2) is 47.8 Å². The van der Waals surface area contributed by atoms with E-state index in [2.05, 4.69) is 10.2 Å². The van der Waals surface area contributed by atoms with E-state index in [0.717, 1.165) is 43.9 Å². The van der Waals surface area contributed by atoms with Gasteiger partial charge in [-0.05, 0) is 37.0 Å². The van der Waals surface area contributed by atoms with Crippen molar-refractivity contribution < 1.29 is 10.2 Å². The van der Waals surface area contributed by atoms with Crippen molar-refractivity contribution in [1.82, 2.24) is 10.2 Å². The molecule has 0 radical (unpaired) electrons. The second kappa shape index (κ2) is 6.97. The molecule has 2 unspecified atom stereocenters. The molecule has 0 aliphatic carbocycles. The molecule has 3 N–H and O–H groups in total. The smallest absolute Gasteiger partial charge is 0.122 e. The van der Waals surface area contributed by atoms with Gasteiger partial charge in [-0.2, -0.15) is 0 Å². The predicted molar refractivity (Wildman–Crippen MR) is 86.0 cm³/mol. The third-order valence-corrected chi connectivity index (χ3v) is 4.88. The van der Waals surface area contributed by atoms with Gasteiger partial charge in [0.25, 0.3) is 0 Å². The standard InChI is InChI=1S/C16H25ClN2O2/c1-10-8-13(20)14(12(3)15(10)17)16(21)11(2)9-19-6-4-18-5-7-19/h8,11,16,18,20-21H,4-7,9H2,1-3H3. The quantitative estimate of drug-likeness (QED) is 0.798. The Morgan fingerprint density at radius 3 is 2.57 bits per heavy atom. The number of piperazine rings is 1. The van der Waals surface area contributed by atoms with Crippen LogP contribution < -0.4 is 5.32 Å². The number of phenolic OH excluding ortho intramolecular Hbond substituents is 1. The number of hydrogen-bond donors (Lipinski definition) is 3. The summed E-state index contributed by atoms with van der Waals surface area (Å²) < 4.78 is 0. The highest BCUT2D eigenvalue weighted by molar-refractivity contribution is 6.32. The van der Waals surface area contributed by atoms with Crippen LogP contribution in [0.1, 0.15) is 29.7 Å². The van der Waals surface area contributed by atoms with Crippen LogP contribution >= 0.6 is 11.6 Å². The molecule has 0 aromatic heterocycles. The van der Waals surface area contributed by atoms with Gasteiger partial charge < -0.3 is 20.4 Å². The van der Waals surface area contributed by atoms with Gasteiger partial charge in [0.1, 0.15) is 5.75 Å². The second-order valence-electron chi connectivity index (χ2n) is 6.04. The number of halogens is 1. The van der Waals surface area contributed by atoms with Crippen LogP contribution in [0, 0.1) is 19.8 Å². The van der Waals surface area contributed by atoms with Crippen LogP contribution in [0.4, 0.5) is 0 Å². The lowest BCUT2D eigenvalue weighted by Gasteiger charge is -2.32. The van der Waals surface area contributed by atoms with E-state index in [0.29, 0.717) is 10.6 Å². The van der Waals surface area contributed by atoms with E-state index >= 15 is 0 Å². The molecule has 5 heteroatoms. The number of aliphatic hydroxyl groups is 1. The zero-order chi connectivity index (χ0) is 15.6. The van der Waals surface area contributed by atoms with Gasteiger partial charge in [0, 0.05) is 43.3 Å². The number of aliphatic hydroxyl groups excluding tert-OH is 1. The highest BCUT2D eigenvalue weighted by Gasteiger charge is 2.25. The first-order valence-corrected chi connectivity index (χ1v) is 7.89. The lowest BCUT2D eigenvalue weighted by atomic mass is 9.91. The summed E-state index contributed by atoms with van der Waals surface area (Å²) in [6.07, 6.45) is -0.710. The maximum Gasteiger partial charge on any atom is 0.122 e. The number of benzene rings is 1. The van der Waals surface area contributed by atoms with Gasteiger partial charge in [-0.15, -0.1) is 0 Å². The number of rotatable bonds is 4. The monoisotopic (exact) mass is 312 g/mol. The van der Waals surface area contributed by atoms with E-state index < -0.39 is 6.10 Å². The SMILES string of the molecule is Cc1cc(O)c(C(O)C(C)CN2CCNCC2)c(C)c1Cl. The molecule has 0 bridgehead atoms. The minimum atomic E-state index is -0.710. The van der Waals surface area contributed by atoms with Crippen LogP contribution in [0.25, 0.3) is 0 Å². The first-order valence-electron chi connectivity index (χ1n) is 7.51. The molecule has 1 aromatic carbocycles. The van der Waals surface area contributed by atoms with Crippen LogP contribution in [0.2, 0.25) is 5.02 Å². The number of aryl methyl sites for hydroxylation is 1. The second-order valence-corrected chi connectivity index (χ2v) is 6.42. The summed E-state index contributed by atoms with van der Waals surface area (Å²) in [5.74, 6) is 0.167. The van der Waals surface area contributed by atoms with Crippen molar-refractivity contribution >= 4 is 11.6 Å². The molecule has 2 atom stereocenters. The van der Waals surface area contributed by atoms with Crippen molar-refractivity contribution in [2.24, 2.45) is 5.92 Å². The lowest BCUT2D eigenvalue weighted by molar-refractivity contribution is 0.0818. The van der Waals surface area contributed by atoms with E-state index in [1.807, 2.05) is 20.8 Å². The summed E-state index contributed by atoms with van der Waals surface area (Å²) in [6, 6.07) is 1.63. The van der Waals surface area contributed by atoms with E-state index in [1.54, 1.807) is 6.07 Å². The fourth-order valence-electron chi connectivity index (χ4n) is 3.01. The van der Waals surface area contributed by atoms with Crippen molar-refractivity contribution in [2.75, 3.05) is 32.7 Å². The molecule has 1 aliphatic rings. The number of aromatic hydroxyl groups is 1. The molecule has 1 fully saturated rings. The van der Waals surface area contributed by atoms with Gasteiger partial charge >= 0.3 is 0 Å². The summed E-state index contributed by atoms with van der Waals surface area (Å²) in [7, 11) is 0. The number of nitrogens with one attached hydrogen (secondary N) is 1. The lowest BCUT2D eigenvalue weighted by Crippen LogP contribution is -2.45. The van der Waals surface area contributed by atoms with E-state index in [1.165, 1.54) is 0 Å². The summed E-state index contributed by atoms with van der Waals surface area (Å²) in [4.78, 5) is 2.34. The minimum Gasteiger partial charge on any atom is -0.508 e. The number of phenols is 1. The fraction of sp³-hybridized carbons (Fsp3) is 0.625. The van der Waals surface area contributed by atoms with E-state index in [-0.39, 0.29) is 11.7 Å². The van der Waals surface area contributed by atoms with Crippen molar-refractivity contribution in [3.05, 3.63) is 27.8 Å². The molecule has 0 spiro atoms. The molecule has 2 rings (SSSR count). The maximum atomic E-state index is 10.6. The average molecular weight is 313 g/mol. The van der Waals surface area contributed by atoms with Gasteiger partial charge in [-0.1, -0.05) is 18.5 Å². The highest BCUT2D eigenvalue weighted by Crippen LogP contribution is 2.37. The van der Waals surface area contributed by atoms with E-state index in [9.17, 15) is 10.2 Å². The molecule has 0 amide bonds. The van der Waals surface area contributed by atoms with Crippen molar-refractivity contribution in [2.45, 2.75) is 26.9 Å². The summed E-state index contributed by atoms with van der Waals surface area (Å²) in [6.45, 7) is 10.5. The van der Waals surface area contributed by atoms with Gasteiger partial charge in [0.2, 0.25) is 0 Å². The van der Waals surface area contributed by atoms with Crippen molar-refractivity contribution in [3.63, 3.8) is 0 Å². The van der Waals surface area contributed by atoms with Gasteiger partial charge in [-0.25, -0.2) is 0 Å². The van der Waals surface area contributed by atoms with Gasteiger partial charge in [0.05, 0.1) is 6.10 Å². The predicted octanol–water partition coefficient (Wildman–Crippen LogP) is 2.24. The van der Waals surface area contributed by atoms with Gasteiger partial charge in [0.15, 0.2) is 0 Å². The molecular weight excluding hydrogens is 288 g/mol. The summed E-state index contributed by atoms with van der Waals surface area (Å²) >= 11 is 6.25. The Labute approximate surface area is 131 Å². The molecule has 0 saturated carbocycles. The topological polar surface area (TPSA) is 55.7 Å². The Kier molecular flexibility index (Phi) is 5.49. The Bertz CT molecular complexity index is 502. The first kappa shape index (κ1) is 16.6. The molecule has 118 valence electrons. The number of nitrogens with zero attached hydrogens (tertiary/aromatic N) is 1. The van der Waals surface area contributed by atoms with Crippen molar-refractivity contribution in [3.8, 4) is 5.75 Å². The zero-order valence-electron chi connectivity index (χ0n) is 13.0. The molecule has 4 nitrogen and oxygen atoms in total. The summed E-state index contributed by atoms with van der Waals surface area (Å²) in [5.41, 5.74) is 2.17. The van der Waals surface area contributed by atoms with Crippen LogP contribution in [0.5, 0.6) is 5.75 Å². The minimum absolute atomic E-state index is 0.0338. The first-order chi connectivity index (χ1) is 9.91. The molecular formula is C16H25ClN2O2. The molecule has 1 aromatic rings. The summed E-state index contributed by atoms with van der Waals surface area (Å²) in [5, 5.41) is 24.8. The Morgan fingerprint density at radius 2 is 1.95 bits per heavy atom. The van der Waals surface area contributed by atoms with Crippen molar-refractivity contribution in [1.29, 1.82) is 0 Å². The van der Waals surface area contributed by atoms with Crippen LogP contribution in [-0.2, 0) is 0 Å². The van der Waals surface area contributed by atoms with Crippen LogP contribution in [0.15, 0.2) is 6.07 Å². The fourth-order valence-corrected chi connectivity index (χ4v) is 3.17. The average Bonchev–Trinajstić information content (AvgIpc) is 2.45. The number of hydrogen-bond acceptors (Lipinski definition) is 4. The molecule has 21 heavy (non-hydrogen) atoms. The molecule has 1 saturated heterocycles. The maximum absolute atomic E-state index is 10.6. The zero-order valence-corrected chi connectivity index (χ0v) is 13.7. The molecule has 1 aliphatic heterocycles. The third kappa shape index (κ3) is 3.69. The normalized spacial score (nSPS) is 19.5.